The molecule has 3 nitrogen and oxygen atoms in total. The van der Waals surface area contributed by atoms with E-state index in [0.29, 0.717) is 0 Å². The van der Waals surface area contributed by atoms with Gasteiger partial charge in [-0.2, -0.15) is 0 Å². The van der Waals surface area contributed by atoms with Gasteiger partial charge >= 0.3 is 0 Å². The zero-order valence-corrected chi connectivity index (χ0v) is 45.6. The Morgan fingerprint density at radius 1 is 0.268 bits per heavy atom. The molecule has 0 bridgehead atoms. The number of aromatic nitrogens is 1. The van der Waals surface area contributed by atoms with Crippen LogP contribution in [0.2, 0.25) is 0 Å². The molecule has 0 radical (unpaired) electrons. The van der Waals surface area contributed by atoms with Gasteiger partial charge in [-0.15, -0.1) is 0 Å². The molecule has 0 N–H and O–H groups in total. The van der Waals surface area contributed by atoms with E-state index in [1.807, 2.05) is 0 Å². The molecule has 0 amide bonds. The molecular formula is C79H55N3. The van der Waals surface area contributed by atoms with Crippen molar-refractivity contribution in [2.24, 2.45) is 0 Å². The maximum Gasteiger partial charge on any atom is 0.0541 e. The van der Waals surface area contributed by atoms with Gasteiger partial charge in [0.05, 0.1) is 16.7 Å². The summed E-state index contributed by atoms with van der Waals surface area (Å²) >= 11 is 0. The van der Waals surface area contributed by atoms with E-state index in [1.165, 1.54) is 115 Å². The molecule has 1 aliphatic rings. The Morgan fingerprint density at radius 3 is 1.37 bits per heavy atom. The van der Waals surface area contributed by atoms with Crippen molar-refractivity contribution < 1.29 is 0 Å². The van der Waals surface area contributed by atoms with Gasteiger partial charge < -0.3 is 14.4 Å². The van der Waals surface area contributed by atoms with Crippen LogP contribution < -0.4 is 9.80 Å². The number of rotatable bonds is 9. The maximum atomic E-state index is 2.46. The minimum atomic E-state index is -0.301. The summed E-state index contributed by atoms with van der Waals surface area (Å²) in [4.78, 5) is 4.89. The van der Waals surface area contributed by atoms with Crippen molar-refractivity contribution in [1.82, 2.24) is 4.57 Å². The van der Waals surface area contributed by atoms with Gasteiger partial charge in [-0.25, -0.2) is 0 Å². The monoisotopic (exact) mass is 1050 g/mol. The van der Waals surface area contributed by atoms with Crippen LogP contribution in [0, 0.1) is 0 Å². The Bertz CT molecular complexity index is 4960. The van der Waals surface area contributed by atoms with E-state index < -0.39 is 0 Å². The lowest BCUT2D eigenvalue weighted by Gasteiger charge is -2.30. The van der Waals surface area contributed by atoms with Gasteiger partial charge in [-0.05, 0) is 179 Å². The van der Waals surface area contributed by atoms with Crippen molar-refractivity contribution >= 4 is 99.0 Å². The van der Waals surface area contributed by atoms with Crippen LogP contribution >= 0.6 is 0 Å². The molecule has 0 unspecified atom stereocenters. The second kappa shape index (κ2) is 18.8. The van der Waals surface area contributed by atoms with Crippen LogP contribution in [0.1, 0.15) is 25.0 Å². The summed E-state index contributed by atoms with van der Waals surface area (Å²) in [6.07, 6.45) is 0. The molecule has 14 aromatic carbocycles. The molecule has 0 spiro atoms. The fourth-order valence-corrected chi connectivity index (χ4v) is 13.5. The van der Waals surface area contributed by atoms with Crippen LogP contribution in [0.3, 0.4) is 0 Å². The van der Waals surface area contributed by atoms with Crippen LogP contribution in [0.5, 0.6) is 0 Å². The number of hydrogen-bond acceptors (Lipinski definition) is 2. The molecule has 0 aliphatic heterocycles. The van der Waals surface area contributed by atoms with Crippen molar-refractivity contribution in [2.45, 2.75) is 19.3 Å². The SMILES string of the molecule is CC1(C)c2cc(N(c3ccc(-c4ccc(-c5ccc6c(c5)c5ccccc5n6-c5ccccc5)cc4)cc3)c3ccc4c5ccccc5c5ccccc5c4c3)ccc2-c2ccc(N(c3ccccc3)c3cccc4ccccc34)cc21. The molecule has 16 rings (SSSR count). The van der Waals surface area contributed by atoms with Crippen molar-refractivity contribution in [2.75, 3.05) is 9.80 Å². The lowest BCUT2D eigenvalue weighted by atomic mass is 9.82. The lowest BCUT2D eigenvalue weighted by Crippen LogP contribution is -2.17. The van der Waals surface area contributed by atoms with Crippen molar-refractivity contribution in [3.8, 4) is 39.1 Å². The van der Waals surface area contributed by atoms with Gasteiger partial charge in [0.1, 0.15) is 0 Å². The van der Waals surface area contributed by atoms with E-state index in [9.17, 15) is 0 Å². The van der Waals surface area contributed by atoms with Gasteiger partial charge in [0, 0.05) is 55.7 Å². The van der Waals surface area contributed by atoms with E-state index in [2.05, 4.69) is 325 Å². The third-order valence-electron chi connectivity index (χ3n) is 17.5. The summed E-state index contributed by atoms with van der Waals surface area (Å²) < 4.78 is 2.37. The quantitative estimate of drug-likeness (QED) is 0.134. The molecule has 1 heterocycles. The lowest BCUT2D eigenvalue weighted by molar-refractivity contribution is 0.660. The van der Waals surface area contributed by atoms with Gasteiger partial charge in [0.15, 0.2) is 0 Å². The second-order valence-electron chi connectivity index (χ2n) is 22.5. The molecule has 0 saturated carbocycles. The highest BCUT2D eigenvalue weighted by Crippen LogP contribution is 2.53. The number of hydrogen-bond donors (Lipinski definition) is 0. The Labute approximate surface area is 477 Å². The number of anilines is 6. The first-order chi connectivity index (χ1) is 40.4. The van der Waals surface area contributed by atoms with E-state index >= 15 is 0 Å². The minimum Gasteiger partial charge on any atom is -0.310 e. The maximum absolute atomic E-state index is 2.46. The molecule has 386 valence electrons. The zero-order chi connectivity index (χ0) is 54.5. The highest BCUT2D eigenvalue weighted by Gasteiger charge is 2.37. The molecule has 1 aromatic heterocycles. The molecule has 0 saturated heterocycles. The summed E-state index contributed by atoms with van der Waals surface area (Å²) in [5.74, 6) is 0. The smallest absolute Gasteiger partial charge is 0.0541 e. The van der Waals surface area contributed by atoms with E-state index in [0.717, 1.165) is 34.1 Å². The van der Waals surface area contributed by atoms with Gasteiger partial charge in [0.25, 0.3) is 0 Å². The Hall–Kier alpha value is -10.5. The molecule has 0 fully saturated rings. The largest absolute Gasteiger partial charge is 0.310 e. The fraction of sp³-hybridized carbons (Fsp3) is 0.0380. The van der Waals surface area contributed by atoms with Crippen LogP contribution in [0.4, 0.5) is 34.1 Å². The molecular weight excluding hydrogens is 991 g/mol. The molecule has 1 aliphatic carbocycles. The summed E-state index contributed by atoms with van der Waals surface area (Å²) in [6, 6.07) is 110. The first kappa shape index (κ1) is 47.5. The van der Waals surface area contributed by atoms with Gasteiger partial charge in [-0.3, -0.25) is 0 Å². The first-order valence-corrected chi connectivity index (χ1v) is 28.5. The fourth-order valence-electron chi connectivity index (χ4n) is 13.5. The third kappa shape index (κ3) is 7.58. The van der Waals surface area contributed by atoms with Crippen molar-refractivity contribution in [3.63, 3.8) is 0 Å². The van der Waals surface area contributed by atoms with Gasteiger partial charge in [0.2, 0.25) is 0 Å². The van der Waals surface area contributed by atoms with Gasteiger partial charge in [-0.1, -0.05) is 214 Å². The molecule has 82 heavy (non-hydrogen) atoms. The number of benzene rings is 14. The van der Waals surface area contributed by atoms with Crippen LogP contribution in [-0.4, -0.2) is 4.57 Å². The Kier molecular flexibility index (Phi) is 10.9. The number of para-hydroxylation sites is 3. The molecule has 15 aromatic rings. The van der Waals surface area contributed by atoms with E-state index in [4.69, 9.17) is 0 Å². The topological polar surface area (TPSA) is 11.4 Å². The normalized spacial score (nSPS) is 12.6. The molecule has 0 atom stereocenters. The van der Waals surface area contributed by atoms with Crippen molar-refractivity contribution in [3.05, 3.63) is 308 Å². The predicted molar refractivity (Wildman–Crippen MR) is 349 cm³/mol. The highest BCUT2D eigenvalue weighted by atomic mass is 15.1. The summed E-state index contributed by atoms with van der Waals surface area (Å²) in [6.45, 7) is 4.80. The molecule has 3 heteroatoms. The summed E-state index contributed by atoms with van der Waals surface area (Å²) in [5.41, 5.74) is 20.0. The van der Waals surface area contributed by atoms with Crippen LogP contribution in [0.15, 0.2) is 297 Å². The van der Waals surface area contributed by atoms with E-state index in [-0.39, 0.29) is 5.41 Å². The Balaban J connectivity index is 0.787. The average molecular weight is 1050 g/mol. The van der Waals surface area contributed by atoms with Crippen LogP contribution in [0.25, 0.3) is 104 Å². The third-order valence-corrected chi connectivity index (χ3v) is 17.5. The Morgan fingerprint density at radius 2 is 0.707 bits per heavy atom. The zero-order valence-electron chi connectivity index (χ0n) is 45.6. The average Bonchev–Trinajstić information content (AvgIpc) is 4.09. The van der Waals surface area contributed by atoms with Crippen LogP contribution in [-0.2, 0) is 5.41 Å². The summed E-state index contributed by atoms with van der Waals surface area (Å²) in [7, 11) is 0. The minimum absolute atomic E-state index is 0.301. The predicted octanol–water partition coefficient (Wildman–Crippen LogP) is 22.0. The van der Waals surface area contributed by atoms with Crippen molar-refractivity contribution in [1.29, 1.82) is 0 Å². The first-order valence-electron chi connectivity index (χ1n) is 28.5. The number of fused-ring (bicyclic) bond motifs is 13. The van der Waals surface area contributed by atoms with E-state index in [1.54, 1.807) is 0 Å². The standard InChI is InChI=1S/C79H55N3/c1-79(2)74-50-61(42-45-69(74)70-46-43-62(51-75(70)79)81(57-20-5-3-6-21-57)76-31-17-19-55-18-9-10-24-63(55)76)80(60-41-44-68-66-27-12-11-25-64(66)65-26-13-14-28-67(65)72(68)49-60)59-39-36-53(37-40-59)52-32-34-54(35-33-52)56-38-47-78-73(48-56)71-29-15-16-30-77(71)82(78)58-22-7-4-8-23-58/h3-51H,1-2H3. The summed E-state index contributed by atoms with van der Waals surface area (Å²) in [5, 5.41) is 12.5. The number of nitrogens with zero attached hydrogens (tertiary/aromatic N) is 3. The second-order valence-corrected chi connectivity index (χ2v) is 22.5. The highest BCUT2D eigenvalue weighted by molar-refractivity contribution is 6.26.